The number of benzene rings is 1. The maximum absolute atomic E-state index is 12.1. The summed E-state index contributed by atoms with van der Waals surface area (Å²) in [4.78, 5) is 13.7. The number of rotatable bonds is 3. The van der Waals surface area contributed by atoms with E-state index in [2.05, 4.69) is 15.4 Å². The molecule has 0 spiro atoms. The van der Waals surface area contributed by atoms with Gasteiger partial charge in [0.25, 0.3) is 5.91 Å². The predicted octanol–water partition coefficient (Wildman–Crippen LogP) is 1.95. The van der Waals surface area contributed by atoms with Gasteiger partial charge in [0.2, 0.25) is 0 Å². The number of amides is 1. The molecule has 0 aliphatic rings. The minimum atomic E-state index is -0.142. The number of H-pyrrole nitrogens is 1. The zero-order chi connectivity index (χ0) is 13.1. The first-order chi connectivity index (χ1) is 8.59. The van der Waals surface area contributed by atoms with Gasteiger partial charge in [-0.2, -0.15) is 15.4 Å². The van der Waals surface area contributed by atoms with Gasteiger partial charge in [0.05, 0.1) is 12.2 Å². The highest BCUT2D eigenvalue weighted by atomic mass is 16.2. The van der Waals surface area contributed by atoms with Gasteiger partial charge >= 0.3 is 0 Å². The van der Waals surface area contributed by atoms with Crippen molar-refractivity contribution in [3.05, 3.63) is 47.3 Å². The number of aromatic nitrogens is 3. The van der Waals surface area contributed by atoms with E-state index < -0.39 is 0 Å². The van der Waals surface area contributed by atoms with Gasteiger partial charge in [0.1, 0.15) is 0 Å². The second-order valence-electron chi connectivity index (χ2n) is 4.36. The molecule has 1 unspecified atom stereocenters. The van der Waals surface area contributed by atoms with Crippen molar-refractivity contribution in [1.29, 1.82) is 0 Å². The first-order valence-electron chi connectivity index (χ1n) is 5.79. The lowest BCUT2D eigenvalue weighted by Gasteiger charge is -2.24. The van der Waals surface area contributed by atoms with Crippen molar-refractivity contribution < 1.29 is 4.79 Å². The average Bonchev–Trinajstić information content (AvgIpc) is 2.91. The molecule has 5 heteroatoms. The number of aryl methyl sites for hydroxylation is 1. The van der Waals surface area contributed by atoms with Crippen molar-refractivity contribution in [2.24, 2.45) is 0 Å². The maximum atomic E-state index is 12.1. The molecule has 1 heterocycles. The van der Waals surface area contributed by atoms with Gasteiger partial charge in [-0.05, 0) is 19.4 Å². The summed E-state index contributed by atoms with van der Waals surface area (Å²) in [5, 5.41) is 9.89. The standard InChI is InChI=1S/C13H16N4O/c1-9-4-6-11(7-5-9)10(2)17(3)13(18)12-8-14-16-15-12/h4-8,10H,1-3H3,(H,14,15,16). The Bertz CT molecular complexity index is 518. The fraction of sp³-hybridized carbons (Fsp3) is 0.308. The molecule has 0 aliphatic carbocycles. The lowest BCUT2D eigenvalue weighted by Crippen LogP contribution is -2.29. The van der Waals surface area contributed by atoms with Crippen molar-refractivity contribution >= 4 is 5.91 Å². The summed E-state index contributed by atoms with van der Waals surface area (Å²) in [6, 6.07) is 8.15. The van der Waals surface area contributed by atoms with E-state index in [9.17, 15) is 4.79 Å². The zero-order valence-electron chi connectivity index (χ0n) is 10.7. The highest BCUT2D eigenvalue weighted by Gasteiger charge is 2.20. The average molecular weight is 244 g/mol. The van der Waals surface area contributed by atoms with E-state index in [4.69, 9.17) is 0 Å². The topological polar surface area (TPSA) is 61.9 Å². The summed E-state index contributed by atoms with van der Waals surface area (Å²) in [5.41, 5.74) is 2.63. The van der Waals surface area contributed by atoms with Crippen molar-refractivity contribution in [3.8, 4) is 0 Å². The Labute approximate surface area is 106 Å². The zero-order valence-corrected chi connectivity index (χ0v) is 10.7. The molecule has 2 aromatic rings. The van der Waals surface area contributed by atoms with Gasteiger partial charge in [-0.1, -0.05) is 29.8 Å². The number of nitrogens with one attached hydrogen (secondary N) is 1. The third-order valence-electron chi connectivity index (χ3n) is 3.10. The molecule has 94 valence electrons. The largest absolute Gasteiger partial charge is 0.334 e. The fourth-order valence-corrected chi connectivity index (χ4v) is 1.73. The maximum Gasteiger partial charge on any atom is 0.276 e. The number of hydrogen-bond acceptors (Lipinski definition) is 3. The molecule has 2 rings (SSSR count). The molecule has 0 fully saturated rings. The van der Waals surface area contributed by atoms with Crippen LogP contribution in [0.2, 0.25) is 0 Å². The van der Waals surface area contributed by atoms with Gasteiger partial charge in [0, 0.05) is 7.05 Å². The van der Waals surface area contributed by atoms with Crippen LogP contribution < -0.4 is 0 Å². The van der Waals surface area contributed by atoms with Crippen molar-refractivity contribution in [2.75, 3.05) is 7.05 Å². The molecular formula is C13H16N4O. The first kappa shape index (κ1) is 12.3. The number of carbonyl (C=O) groups is 1. The van der Waals surface area contributed by atoms with E-state index in [1.54, 1.807) is 11.9 Å². The molecule has 0 aliphatic heterocycles. The monoisotopic (exact) mass is 244 g/mol. The normalized spacial score (nSPS) is 12.2. The third kappa shape index (κ3) is 2.40. The van der Waals surface area contributed by atoms with Crippen LogP contribution >= 0.6 is 0 Å². The Morgan fingerprint density at radius 1 is 1.33 bits per heavy atom. The minimum absolute atomic E-state index is 0.00481. The van der Waals surface area contributed by atoms with Gasteiger partial charge < -0.3 is 4.90 Å². The van der Waals surface area contributed by atoms with Gasteiger partial charge in [0.15, 0.2) is 5.69 Å². The van der Waals surface area contributed by atoms with E-state index in [1.807, 2.05) is 38.1 Å². The summed E-state index contributed by atoms with van der Waals surface area (Å²) < 4.78 is 0. The number of carbonyl (C=O) groups excluding carboxylic acids is 1. The van der Waals surface area contributed by atoms with Gasteiger partial charge in [-0.3, -0.25) is 4.79 Å². The molecule has 1 N–H and O–H groups in total. The third-order valence-corrected chi connectivity index (χ3v) is 3.10. The Kier molecular flexibility index (Phi) is 3.41. The van der Waals surface area contributed by atoms with E-state index >= 15 is 0 Å². The van der Waals surface area contributed by atoms with Crippen LogP contribution in [0.4, 0.5) is 0 Å². The van der Waals surface area contributed by atoms with Crippen LogP contribution in [0.5, 0.6) is 0 Å². The molecule has 0 radical (unpaired) electrons. The minimum Gasteiger partial charge on any atom is -0.334 e. The Morgan fingerprint density at radius 2 is 2.00 bits per heavy atom. The SMILES string of the molecule is Cc1ccc(C(C)N(C)C(=O)c2cn[nH]n2)cc1. The van der Waals surface area contributed by atoms with Crippen molar-refractivity contribution in [2.45, 2.75) is 19.9 Å². The van der Waals surface area contributed by atoms with Crippen molar-refractivity contribution in [3.63, 3.8) is 0 Å². The molecule has 1 aromatic heterocycles. The van der Waals surface area contributed by atoms with Crippen LogP contribution in [0, 0.1) is 6.92 Å². The van der Waals surface area contributed by atoms with E-state index in [1.165, 1.54) is 11.8 Å². The van der Waals surface area contributed by atoms with Crippen LogP contribution in [-0.4, -0.2) is 33.3 Å². The van der Waals surface area contributed by atoms with Crippen LogP contribution in [0.15, 0.2) is 30.5 Å². The van der Waals surface area contributed by atoms with E-state index in [0.717, 1.165) is 5.56 Å². The second-order valence-corrected chi connectivity index (χ2v) is 4.36. The highest BCUT2D eigenvalue weighted by Crippen LogP contribution is 2.20. The van der Waals surface area contributed by atoms with E-state index in [-0.39, 0.29) is 11.9 Å². The fourth-order valence-electron chi connectivity index (χ4n) is 1.73. The Morgan fingerprint density at radius 3 is 2.56 bits per heavy atom. The quantitative estimate of drug-likeness (QED) is 0.897. The molecule has 5 nitrogen and oxygen atoms in total. The number of aromatic amines is 1. The number of nitrogens with zero attached hydrogens (tertiary/aromatic N) is 3. The molecule has 1 atom stereocenters. The highest BCUT2D eigenvalue weighted by molar-refractivity contribution is 5.91. The predicted molar refractivity (Wildman–Crippen MR) is 68.1 cm³/mol. The summed E-state index contributed by atoms with van der Waals surface area (Å²) in [5.74, 6) is -0.142. The smallest absolute Gasteiger partial charge is 0.276 e. The van der Waals surface area contributed by atoms with Gasteiger partial charge in [-0.15, -0.1) is 0 Å². The van der Waals surface area contributed by atoms with Crippen LogP contribution in [0.3, 0.4) is 0 Å². The van der Waals surface area contributed by atoms with E-state index in [0.29, 0.717) is 5.69 Å². The second kappa shape index (κ2) is 5.00. The van der Waals surface area contributed by atoms with Crippen LogP contribution in [-0.2, 0) is 0 Å². The molecular weight excluding hydrogens is 228 g/mol. The molecule has 0 bridgehead atoms. The lowest BCUT2D eigenvalue weighted by atomic mass is 10.1. The molecule has 0 saturated carbocycles. The number of hydrogen-bond donors (Lipinski definition) is 1. The summed E-state index contributed by atoms with van der Waals surface area (Å²) >= 11 is 0. The van der Waals surface area contributed by atoms with Gasteiger partial charge in [-0.25, -0.2) is 0 Å². The summed E-state index contributed by atoms with van der Waals surface area (Å²) in [6.07, 6.45) is 1.43. The van der Waals surface area contributed by atoms with Crippen molar-refractivity contribution in [1.82, 2.24) is 20.3 Å². The molecule has 18 heavy (non-hydrogen) atoms. The summed E-state index contributed by atoms with van der Waals surface area (Å²) in [7, 11) is 1.77. The first-order valence-corrected chi connectivity index (χ1v) is 5.79. The van der Waals surface area contributed by atoms with Crippen LogP contribution in [0.1, 0.15) is 34.6 Å². The molecule has 1 amide bonds. The lowest BCUT2D eigenvalue weighted by molar-refractivity contribution is 0.0736. The molecule has 1 aromatic carbocycles. The summed E-state index contributed by atoms with van der Waals surface area (Å²) in [6.45, 7) is 4.03. The Balaban J connectivity index is 2.16. The molecule has 0 saturated heterocycles. The van der Waals surface area contributed by atoms with Crippen LogP contribution in [0.25, 0.3) is 0 Å². The Hall–Kier alpha value is -2.17.